The molecule has 0 saturated carbocycles. The number of nitrogens with one attached hydrogen (secondary N) is 8. The van der Waals surface area contributed by atoms with E-state index in [1.807, 2.05) is 0 Å². The standard InChI is InChI=1S/C45H80N14O12S/c1-11-24(5)34(40(68)53-28(15-13-19-50-44(47)48)43(71)59-20-14-16-29(59)38(66)49-12-2)55-37(65)27(17-18-30(46)62)52-41(69)35(25(6)60)56-42(70)36(45(8,9)72)57-39(67)33(23(3)4)54-31(63)21-51-32(64)22-58(10)26(7)61/h23-25,27-29,33-36,60,72H,11-22H2,1-10H3,(H2,46,62)(H,49,66)(H,51,64)(H,52,69)(H,53,68)(H,54,63)(H,55,65)(H,56,70)(H,57,67)(H4,47,48,50)/t24-,25+,27-,28-,29-,33-,34-,35-,36-/m0/s1. The molecule has 0 radical (unpaired) electrons. The van der Waals surface area contributed by atoms with E-state index < -0.39 is 138 Å². The molecule has 1 heterocycles. The minimum absolute atomic E-state index is 0.0543. The molecule has 0 unspecified atom stereocenters. The molecule has 0 aromatic carbocycles. The van der Waals surface area contributed by atoms with Crippen molar-refractivity contribution in [2.75, 3.05) is 39.8 Å². The van der Waals surface area contributed by atoms with Gasteiger partial charge >= 0.3 is 0 Å². The zero-order valence-corrected chi connectivity index (χ0v) is 44.1. The zero-order chi connectivity index (χ0) is 55.2. The number of carbonyl (C=O) groups is 11. The van der Waals surface area contributed by atoms with Gasteiger partial charge in [0.25, 0.3) is 0 Å². The van der Waals surface area contributed by atoms with E-state index in [0.717, 1.165) is 4.90 Å². The Morgan fingerprint density at radius 2 is 1.35 bits per heavy atom. The molecule has 0 aromatic rings. The molecule has 15 N–H and O–H groups in total. The lowest BCUT2D eigenvalue weighted by Gasteiger charge is -2.34. The third-order valence-corrected chi connectivity index (χ3v) is 12.1. The number of rotatable bonds is 30. The first kappa shape index (κ1) is 63.8. The van der Waals surface area contributed by atoms with E-state index in [4.69, 9.17) is 17.2 Å². The van der Waals surface area contributed by atoms with Crippen molar-refractivity contribution in [3.63, 3.8) is 0 Å². The maximum Gasteiger partial charge on any atom is 0.245 e. The summed E-state index contributed by atoms with van der Waals surface area (Å²) in [6.07, 6.45) is -0.864. The van der Waals surface area contributed by atoms with Crippen LogP contribution in [0.25, 0.3) is 0 Å². The summed E-state index contributed by atoms with van der Waals surface area (Å²) in [6.45, 7) is 13.6. The van der Waals surface area contributed by atoms with Gasteiger partial charge in [0, 0.05) is 44.8 Å². The Morgan fingerprint density at radius 1 is 0.764 bits per heavy atom. The van der Waals surface area contributed by atoms with Crippen molar-refractivity contribution >= 4 is 83.6 Å². The number of aliphatic hydroxyl groups excluding tert-OH is 1. The molecular weight excluding hydrogens is 961 g/mol. The number of nitrogens with two attached hydrogens (primary N) is 3. The predicted octanol–water partition coefficient (Wildman–Crippen LogP) is -4.27. The van der Waals surface area contributed by atoms with Crippen LogP contribution in [0.3, 0.4) is 0 Å². The van der Waals surface area contributed by atoms with Crippen molar-refractivity contribution in [3.8, 4) is 0 Å². The summed E-state index contributed by atoms with van der Waals surface area (Å²) < 4.78 is -1.35. The van der Waals surface area contributed by atoms with Gasteiger partial charge in [0.2, 0.25) is 65.0 Å². The number of aliphatic hydroxyl groups is 1. The highest BCUT2D eigenvalue weighted by molar-refractivity contribution is 7.81. The van der Waals surface area contributed by atoms with E-state index in [2.05, 4.69) is 60.2 Å². The minimum atomic E-state index is -1.80. The second kappa shape index (κ2) is 30.6. The predicted molar refractivity (Wildman–Crippen MR) is 269 cm³/mol. The molecular formula is C45H80N14O12S. The summed E-state index contributed by atoms with van der Waals surface area (Å²) in [5, 5.41) is 31.2. The Balaban J connectivity index is 3.41. The van der Waals surface area contributed by atoms with Crippen LogP contribution in [-0.2, 0) is 52.7 Å². The van der Waals surface area contributed by atoms with Gasteiger partial charge in [-0.25, -0.2) is 0 Å². The number of guanidine groups is 1. The normalized spacial score (nSPS) is 16.7. The number of carbonyl (C=O) groups excluding carboxylic acids is 11. The lowest BCUT2D eigenvalue weighted by atomic mass is 9.96. The fourth-order valence-electron chi connectivity index (χ4n) is 7.35. The first-order valence-electron chi connectivity index (χ1n) is 24.1. The molecule has 0 aliphatic carbocycles. The van der Waals surface area contributed by atoms with Crippen molar-refractivity contribution in [3.05, 3.63) is 0 Å². The highest BCUT2D eigenvalue weighted by Gasteiger charge is 2.41. The molecule has 9 atom stereocenters. The Hall–Kier alpha value is -6.25. The average Bonchev–Trinajstić information content (AvgIpc) is 3.79. The van der Waals surface area contributed by atoms with Crippen LogP contribution in [0.2, 0.25) is 0 Å². The smallest absolute Gasteiger partial charge is 0.245 e. The minimum Gasteiger partial charge on any atom is -0.391 e. The highest BCUT2D eigenvalue weighted by atomic mass is 32.1. The van der Waals surface area contributed by atoms with Crippen LogP contribution in [0, 0.1) is 11.8 Å². The molecule has 1 aliphatic rings. The van der Waals surface area contributed by atoms with Gasteiger partial charge in [-0.2, -0.15) is 12.6 Å². The number of hydrogen-bond donors (Lipinski definition) is 13. The number of primary amides is 1. The van der Waals surface area contributed by atoms with E-state index in [1.54, 1.807) is 34.6 Å². The molecule has 1 aliphatic heterocycles. The van der Waals surface area contributed by atoms with Gasteiger partial charge < -0.3 is 74.6 Å². The van der Waals surface area contributed by atoms with Crippen molar-refractivity contribution in [1.29, 1.82) is 0 Å². The molecule has 0 spiro atoms. The largest absolute Gasteiger partial charge is 0.391 e. The summed E-state index contributed by atoms with van der Waals surface area (Å²) in [6, 6.07) is -9.43. The van der Waals surface area contributed by atoms with Crippen molar-refractivity contribution in [2.24, 2.45) is 34.0 Å². The summed E-state index contributed by atoms with van der Waals surface area (Å²) in [5.41, 5.74) is 16.4. The highest BCUT2D eigenvalue weighted by Crippen LogP contribution is 2.21. The number of likely N-dealkylation sites (N-methyl/N-ethyl adjacent to an activating group) is 2. The van der Waals surface area contributed by atoms with Gasteiger partial charge in [0.1, 0.15) is 42.3 Å². The van der Waals surface area contributed by atoms with Gasteiger partial charge in [-0.05, 0) is 71.6 Å². The first-order valence-corrected chi connectivity index (χ1v) is 24.5. The number of thiol groups is 1. The molecule has 27 heteroatoms. The van der Waals surface area contributed by atoms with Crippen molar-refractivity contribution < 1.29 is 57.8 Å². The number of likely N-dealkylation sites (tertiary alicyclic amines) is 1. The third kappa shape index (κ3) is 21.6. The van der Waals surface area contributed by atoms with Crippen LogP contribution in [-0.4, -0.2) is 179 Å². The lowest BCUT2D eigenvalue weighted by molar-refractivity contribution is -0.142. The molecule has 408 valence electrons. The summed E-state index contributed by atoms with van der Waals surface area (Å²) in [5.74, 6) is -9.49. The SMILES string of the molecule is CCNC(=O)[C@@H]1CCCN1C(=O)[C@H](CCCN=C(N)N)NC(=O)[C@@H](NC(=O)[C@H](CCC(N)=O)NC(=O)[C@@H](NC(=O)[C@H](NC(=O)[C@@H](NC(=O)CNC(=O)CN(C)C(C)=O)C(C)C)C(C)(C)S)[C@@H](C)O)[C@@H](C)CC. The lowest BCUT2D eigenvalue weighted by Crippen LogP contribution is -2.64. The Bertz CT molecular complexity index is 1960. The molecule has 72 heavy (non-hydrogen) atoms. The van der Waals surface area contributed by atoms with E-state index in [0.29, 0.717) is 25.8 Å². The van der Waals surface area contributed by atoms with E-state index in [1.165, 1.54) is 39.6 Å². The first-order chi connectivity index (χ1) is 33.5. The average molecular weight is 1040 g/mol. The molecule has 1 rings (SSSR count). The van der Waals surface area contributed by atoms with Crippen LogP contribution < -0.4 is 59.7 Å². The quantitative estimate of drug-likeness (QED) is 0.0140. The van der Waals surface area contributed by atoms with Crippen LogP contribution in [0.4, 0.5) is 0 Å². The van der Waals surface area contributed by atoms with Gasteiger partial charge in [-0.15, -0.1) is 0 Å². The number of amides is 11. The Morgan fingerprint density at radius 3 is 1.88 bits per heavy atom. The van der Waals surface area contributed by atoms with Crippen LogP contribution in [0.1, 0.15) is 107 Å². The van der Waals surface area contributed by atoms with Crippen LogP contribution in [0.15, 0.2) is 4.99 Å². The third-order valence-electron chi connectivity index (χ3n) is 11.8. The molecule has 0 bridgehead atoms. The Labute approximate surface area is 426 Å². The maximum atomic E-state index is 14.2. The maximum absolute atomic E-state index is 14.2. The molecule has 0 aromatic heterocycles. The molecule has 1 saturated heterocycles. The van der Waals surface area contributed by atoms with E-state index in [-0.39, 0.29) is 50.2 Å². The second-order valence-corrected chi connectivity index (χ2v) is 19.9. The monoisotopic (exact) mass is 1040 g/mol. The molecule has 1 fully saturated rings. The van der Waals surface area contributed by atoms with Crippen LogP contribution >= 0.6 is 12.6 Å². The fourth-order valence-corrected chi connectivity index (χ4v) is 7.53. The van der Waals surface area contributed by atoms with E-state index in [9.17, 15) is 57.8 Å². The molecule has 11 amide bonds. The van der Waals surface area contributed by atoms with E-state index >= 15 is 0 Å². The summed E-state index contributed by atoms with van der Waals surface area (Å²) in [7, 11) is 1.40. The van der Waals surface area contributed by atoms with Crippen molar-refractivity contribution in [2.45, 2.75) is 160 Å². The number of nitrogens with zero attached hydrogens (tertiary/aromatic N) is 3. The van der Waals surface area contributed by atoms with Gasteiger partial charge in [-0.3, -0.25) is 57.7 Å². The summed E-state index contributed by atoms with van der Waals surface area (Å²) in [4.78, 5) is 152. The topological polar surface area (TPSA) is 401 Å². The number of hydrogen-bond acceptors (Lipinski definition) is 14. The zero-order valence-electron chi connectivity index (χ0n) is 43.2. The van der Waals surface area contributed by atoms with Gasteiger partial charge in [0.15, 0.2) is 5.96 Å². The Kier molecular flexibility index (Phi) is 27.1. The van der Waals surface area contributed by atoms with Crippen molar-refractivity contribution in [1.82, 2.24) is 52.3 Å². The number of aliphatic imine (C=N–C) groups is 1. The fraction of sp³-hybridized carbons (Fsp3) is 0.733. The van der Waals surface area contributed by atoms with Gasteiger partial charge in [0.05, 0.1) is 19.2 Å². The molecule has 26 nitrogen and oxygen atoms in total. The van der Waals surface area contributed by atoms with Gasteiger partial charge in [-0.1, -0.05) is 34.1 Å². The summed E-state index contributed by atoms with van der Waals surface area (Å²) >= 11 is 4.50. The van der Waals surface area contributed by atoms with Crippen LogP contribution in [0.5, 0.6) is 0 Å². The second-order valence-electron chi connectivity index (χ2n) is 18.8.